The highest BCUT2D eigenvalue weighted by molar-refractivity contribution is 5.18. The first-order chi connectivity index (χ1) is 9.25. The number of halogens is 2. The van der Waals surface area contributed by atoms with Crippen molar-refractivity contribution in [3.63, 3.8) is 0 Å². The summed E-state index contributed by atoms with van der Waals surface area (Å²) in [4.78, 5) is 2.40. The normalized spacial score (nSPS) is 16.7. The predicted octanol–water partition coefficient (Wildman–Crippen LogP) is 1.00. The van der Waals surface area contributed by atoms with E-state index in [0.717, 1.165) is 45.3 Å². The van der Waals surface area contributed by atoms with Crippen molar-refractivity contribution in [1.29, 1.82) is 0 Å². The Labute approximate surface area is 113 Å². The molecule has 3 nitrogen and oxygen atoms in total. The topological polar surface area (TPSA) is 27.3 Å². The van der Waals surface area contributed by atoms with Crippen molar-refractivity contribution in [2.75, 3.05) is 45.8 Å². The second-order valence-corrected chi connectivity index (χ2v) is 4.83. The minimum Gasteiger partial charge on any atom is -0.315 e. The lowest BCUT2D eigenvalue weighted by Gasteiger charge is -2.27. The molecule has 1 aliphatic heterocycles. The van der Waals surface area contributed by atoms with Crippen molar-refractivity contribution in [3.8, 4) is 0 Å². The molecule has 1 fully saturated rings. The van der Waals surface area contributed by atoms with Crippen molar-refractivity contribution in [2.24, 2.45) is 0 Å². The van der Waals surface area contributed by atoms with Crippen LogP contribution in [0.25, 0.3) is 0 Å². The SMILES string of the molecule is Fc1ccc(F)c(CCNCCN2CCNCC2)c1. The van der Waals surface area contributed by atoms with Crippen molar-refractivity contribution < 1.29 is 8.78 Å². The molecule has 1 aromatic rings. The third-order valence-electron chi connectivity index (χ3n) is 3.39. The van der Waals surface area contributed by atoms with E-state index >= 15 is 0 Å². The summed E-state index contributed by atoms with van der Waals surface area (Å²) in [6.45, 7) is 6.83. The maximum atomic E-state index is 13.4. The van der Waals surface area contributed by atoms with Crippen LogP contribution in [0, 0.1) is 11.6 Å². The van der Waals surface area contributed by atoms with Crippen LogP contribution in [0.5, 0.6) is 0 Å². The van der Waals surface area contributed by atoms with Gasteiger partial charge in [0.1, 0.15) is 11.6 Å². The number of benzene rings is 1. The van der Waals surface area contributed by atoms with Crippen LogP contribution in [0.3, 0.4) is 0 Å². The Morgan fingerprint density at radius 2 is 1.95 bits per heavy atom. The van der Waals surface area contributed by atoms with Gasteiger partial charge in [0, 0.05) is 39.3 Å². The molecule has 1 saturated heterocycles. The molecule has 1 heterocycles. The van der Waals surface area contributed by atoms with E-state index in [1.54, 1.807) is 0 Å². The first-order valence-corrected chi connectivity index (χ1v) is 6.83. The quantitative estimate of drug-likeness (QED) is 0.755. The van der Waals surface area contributed by atoms with Gasteiger partial charge in [-0.3, -0.25) is 4.90 Å². The minimum atomic E-state index is -0.378. The lowest BCUT2D eigenvalue weighted by molar-refractivity contribution is 0.241. The molecule has 2 N–H and O–H groups in total. The van der Waals surface area contributed by atoms with Crippen molar-refractivity contribution >= 4 is 0 Å². The highest BCUT2D eigenvalue weighted by Gasteiger charge is 2.08. The van der Waals surface area contributed by atoms with E-state index in [2.05, 4.69) is 15.5 Å². The number of piperazine rings is 1. The highest BCUT2D eigenvalue weighted by atomic mass is 19.1. The van der Waals surface area contributed by atoms with E-state index in [1.807, 2.05) is 0 Å². The van der Waals surface area contributed by atoms with Gasteiger partial charge >= 0.3 is 0 Å². The van der Waals surface area contributed by atoms with Crippen molar-refractivity contribution in [2.45, 2.75) is 6.42 Å². The molecule has 1 aliphatic rings. The lowest BCUT2D eigenvalue weighted by Crippen LogP contribution is -2.45. The summed E-state index contributed by atoms with van der Waals surface area (Å²) in [5.74, 6) is -0.706. The van der Waals surface area contributed by atoms with Gasteiger partial charge in [0.15, 0.2) is 0 Å². The molecule has 0 spiro atoms. The third-order valence-corrected chi connectivity index (χ3v) is 3.39. The zero-order chi connectivity index (χ0) is 13.5. The number of hydrogen-bond donors (Lipinski definition) is 2. The van der Waals surface area contributed by atoms with E-state index in [1.165, 1.54) is 12.1 Å². The number of nitrogens with one attached hydrogen (secondary N) is 2. The maximum absolute atomic E-state index is 13.4. The summed E-state index contributed by atoms with van der Waals surface area (Å²) in [7, 11) is 0. The Morgan fingerprint density at radius 1 is 1.16 bits per heavy atom. The molecule has 2 rings (SSSR count). The van der Waals surface area contributed by atoms with Gasteiger partial charge in [-0.05, 0) is 36.7 Å². The molecule has 0 unspecified atom stereocenters. The summed E-state index contributed by atoms with van der Waals surface area (Å²) in [6, 6.07) is 3.61. The minimum absolute atomic E-state index is 0.328. The first-order valence-electron chi connectivity index (χ1n) is 6.83. The highest BCUT2D eigenvalue weighted by Crippen LogP contribution is 2.09. The van der Waals surface area contributed by atoms with Gasteiger partial charge in [0.25, 0.3) is 0 Å². The van der Waals surface area contributed by atoms with Gasteiger partial charge in [-0.1, -0.05) is 0 Å². The molecule has 0 radical (unpaired) electrons. The molecule has 19 heavy (non-hydrogen) atoms. The van der Waals surface area contributed by atoms with E-state index in [-0.39, 0.29) is 11.6 Å². The summed E-state index contributed by atoms with van der Waals surface area (Å²) in [5, 5.41) is 6.59. The van der Waals surface area contributed by atoms with Crippen LogP contribution in [0.2, 0.25) is 0 Å². The summed E-state index contributed by atoms with van der Waals surface area (Å²) < 4.78 is 26.3. The Balaban J connectivity index is 1.62. The average molecular weight is 269 g/mol. The molecular weight excluding hydrogens is 248 g/mol. The smallest absolute Gasteiger partial charge is 0.126 e. The van der Waals surface area contributed by atoms with Gasteiger partial charge in [0.2, 0.25) is 0 Å². The van der Waals surface area contributed by atoms with Crippen LogP contribution < -0.4 is 10.6 Å². The van der Waals surface area contributed by atoms with Crippen molar-refractivity contribution in [3.05, 3.63) is 35.4 Å². The Hall–Kier alpha value is -1.04. The van der Waals surface area contributed by atoms with Gasteiger partial charge in [-0.2, -0.15) is 0 Å². The van der Waals surface area contributed by atoms with Gasteiger partial charge in [-0.15, -0.1) is 0 Å². The largest absolute Gasteiger partial charge is 0.315 e. The first kappa shape index (κ1) is 14.4. The second kappa shape index (κ2) is 7.53. The number of hydrogen-bond acceptors (Lipinski definition) is 3. The monoisotopic (exact) mass is 269 g/mol. The van der Waals surface area contributed by atoms with Crippen LogP contribution in [-0.2, 0) is 6.42 Å². The molecular formula is C14H21F2N3. The zero-order valence-electron chi connectivity index (χ0n) is 11.1. The Morgan fingerprint density at radius 3 is 2.74 bits per heavy atom. The summed E-state index contributed by atoms with van der Waals surface area (Å²) in [6.07, 6.45) is 0.519. The summed E-state index contributed by atoms with van der Waals surface area (Å²) >= 11 is 0. The van der Waals surface area contributed by atoms with E-state index in [9.17, 15) is 8.78 Å². The van der Waals surface area contributed by atoms with E-state index in [4.69, 9.17) is 0 Å². The molecule has 0 aromatic heterocycles. The summed E-state index contributed by atoms with van der Waals surface area (Å²) in [5.41, 5.74) is 0.440. The zero-order valence-corrected chi connectivity index (χ0v) is 11.1. The van der Waals surface area contributed by atoms with Crippen LogP contribution in [0.4, 0.5) is 8.78 Å². The van der Waals surface area contributed by atoms with Gasteiger partial charge in [0.05, 0.1) is 0 Å². The van der Waals surface area contributed by atoms with E-state index < -0.39 is 0 Å². The van der Waals surface area contributed by atoms with Crippen LogP contribution in [0.1, 0.15) is 5.56 Å². The van der Waals surface area contributed by atoms with Crippen LogP contribution in [0.15, 0.2) is 18.2 Å². The number of nitrogens with zero attached hydrogens (tertiary/aromatic N) is 1. The lowest BCUT2D eigenvalue weighted by atomic mass is 10.1. The van der Waals surface area contributed by atoms with Crippen LogP contribution in [-0.4, -0.2) is 50.7 Å². The molecule has 0 saturated carbocycles. The molecule has 1 aromatic carbocycles. The van der Waals surface area contributed by atoms with Crippen LogP contribution >= 0.6 is 0 Å². The Bertz CT molecular complexity index is 392. The van der Waals surface area contributed by atoms with Gasteiger partial charge in [-0.25, -0.2) is 8.78 Å². The second-order valence-electron chi connectivity index (χ2n) is 4.83. The predicted molar refractivity (Wildman–Crippen MR) is 72.2 cm³/mol. The average Bonchev–Trinajstić information content (AvgIpc) is 2.43. The van der Waals surface area contributed by atoms with Crippen molar-refractivity contribution in [1.82, 2.24) is 15.5 Å². The molecule has 0 bridgehead atoms. The van der Waals surface area contributed by atoms with Gasteiger partial charge < -0.3 is 10.6 Å². The molecule has 106 valence electrons. The molecule has 0 atom stereocenters. The fourth-order valence-corrected chi connectivity index (χ4v) is 2.25. The fourth-order valence-electron chi connectivity index (χ4n) is 2.25. The molecule has 5 heteroatoms. The standard InChI is InChI=1S/C14H21F2N3/c15-13-1-2-14(16)12(11-13)3-4-17-5-8-19-9-6-18-7-10-19/h1-2,11,17-18H,3-10H2. The Kier molecular flexibility index (Phi) is 5.69. The fraction of sp³-hybridized carbons (Fsp3) is 0.571. The molecule has 0 aliphatic carbocycles. The van der Waals surface area contributed by atoms with E-state index in [0.29, 0.717) is 18.5 Å². The third kappa shape index (κ3) is 4.86. The molecule has 0 amide bonds. The maximum Gasteiger partial charge on any atom is 0.126 e. The number of rotatable bonds is 6.